The van der Waals surface area contributed by atoms with Crippen molar-refractivity contribution in [2.45, 2.75) is 39.1 Å². The van der Waals surface area contributed by atoms with Gasteiger partial charge in [0.15, 0.2) is 0 Å². The van der Waals surface area contributed by atoms with Crippen LogP contribution < -0.4 is 10.1 Å². The molecule has 6 heteroatoms. The average Bonchev–Trinajstić information content (AvgIpc) is 2.84. The van der Waals surface area contributed by atoms with Gasteiger partial charge in [-0.25, -0.2) is 9.18 Å². The summed E-state index contributed by atoms with van der Waals surface area (Å²) in [4.78, 5) is 14.4. The molecule has 33 heavy (non-hydrogen) atoms. The number of hydrogen-bond donors (Lipinski definition) is 1. The molecule has 172 valence electrons. The molecule has 1 aliphatic rings. The van der Waals surface area contributed by atoms with E-state index in [2.05, 4.69) is 5.32 Å². The third-order valence-corrected chi connectivity index (χ3v) is 5.82. The first kappa shape index (κ1) is 22.8. The number of halogens is 1. The summed E-state index contributed by atoms with van der Waals surface area (Å²) in [5.41, 5.74) is 3.76. The van der Waals surface area contributed by atoms with E-state index in [1.807, 2.05) is 66.4 Å². The van der Waals surface area contributed by atoms with Gasteiger partial charge >= 0.3 is 6.03 Å². The number of anilines is 1. The predicted molar refractivity (Wildman–Crippen MR) is 127 cm³/mol. The van der Waals surface area contributed by atoms with Gasteiger partial charge in [0.2, 0.25) is 0 Å². The van der Waals surface area contributed by atoms with Gasteiger partial charge in [0, 0.05) is 18.8 Å². The molecule has 3 aromatic rings. The number of benzene rings is 3. The van der Waals surface area contributed by atoms with Crippen LogP contribution in [-0.2, 0) is 18.0 Å². The molecule has 0 bridgehead atoms. The number of urea groups is 1. The van der Waals surface area contributed by atoms with Crippen molar-refractivity contribution in [1.29, 1.82) is 0 Å². The van der Waals surface area contributed by atoms with Crippen LogP contribution in [0.4, 0.5) is 14.9 Å². The van der Waals surface area contributed by atoms with Crippen LogP contribution in [0.1, 0.15) is 29.5 Å². The topological polar surface area (TPSA) is 50.8 Å². The lowest BCUT2D eigenvalue weighted by atomic mass is 10.1. The van der Waals surface area contributed by atoms with Gasteiger partial charge in [-0.1, -0.05) is 42.5 Å². The molecule has 1 N–H and O–H groups in total. The maximum Gasteiger partial charge on any atom is 0.321 e. The average molecular weight is 449 g/mol. The molecule has 0 aliphatic carbocycles. The minimum absolute atomic E-state index is 0.0587. The number of carbonyl (C=O) groups is 1. The zero-order chi connectivity index (χ0) is 23.0. The van der Waals surface area contributed by atoms with Crippen LogP contribution in [0.2, 0.25) is 0 Å². The van der Waals surface area contributed by atoms with Crippen molar-refractivity contribution in [3.63, 3.8) is 0 Å². The maximum absolute atomic E-state index is 13.3. The Morgan fingerprint density at radius 1 is 0.970 bits per heavy atom. The molecule has 1 fully saturated rings. The summed E-state index contributed by atoms with van der Waals surface area (Å²) in [5, 5.41) is 3.00. The number of rotatable bonds is 7. The summed E-state index contributed by atoms with van der Waals surface area (Å²) in [6.45, 7) is 4.18. The van der Waals surface area contributed by atoms with Crippen molar-refractivity contribution in [3.05, 3.63) is 95.3 Å². The molecule has 3 aromatic carbocycles. The third kappa shape index (κ3) is 6.56. The maximum atomic E-state index is 13.3. The molecule has 1 saturated heterocycles. The molecule has 1 aliphatic heterocycles. The van der Waals surface area contributed by atoms with Gasteiger partial charge in [-0.05, 0) is 66.8 Å². The molecule has 0 atom stereocenters. The Kier molecular flexibility index (Phi) is 7.58. The second kappa shape index (κ2) is 11.0. The molecule has 2 amide bonds. The molecule has 0 unspecified atom stereocenters. The molecule has 0 radical (unpaired) electrons. The van der Waals surface area contributed by atoms with Gasteiger partial charge in [-0.2, -0.15) is 0 Å². The molecule has 5 nitrogen and oxygen atoms in total. The minimum atomic E-state index is -0.263. The molecule has 4 rings (SSSR count). The van der Waals surface area contributed by atoms with Crippen LogP contribution >= 0.6 is 0 Å². The number of para-hydroxylation sites is 1. The molecular weight excluding hydrogens is 419 g/mol. The Bertz CT molecular complexity index is 1060. The van der Waals surface area contributed by atoms with E-state index < -0.39 is 0 Å². The number of nitrogens with zero attached hydrogens (tertiary/aromatic N) is 1. The Labute approximate surface area is 194 Å². The van der Waals surface area contributed by atoms with Gasteiger partial charge in [0.05, 0.1) is 12.7 Å². The highest BCUT2D eigenvalue weighted by Gasteiger charge is 2.23. The second-order valence-corrected chi connectivity index (χ2v) is 8.31. The Morgan fingerprint density at radius 3 is 2.45 bits per heavy atom. The van der Waals surface area contributed by atoms with Crippen molar-refractivity contribution >= 4 is 11.7 Å². The Hall–Kier alpha value is -3.38. The van der Waals surface area contributed by atoms with Gasteiger partial charge in [0.1, 0.15) is 18.2 Å². The van der Waals surface area contributed by atoms with Crippen molar-refractivity contribution in [2.75, 3.05) is 18.4 Å². The highest BCUT2D eigenvalue weighted by Crippen LogP contribution is 2.20. The van der Waals surface area contributed by atoms with Gasteiger partial charge < -0.3 is 19.7 Å². The smallest absolute Gasteiger partial charge is 0.321 e. The summed E-state index contributed by atoms with van der Waals surface area (Å²) in [6, 6.07) is 21.9. The number of aryl methyl sites for hydroxylation is 1. The summed E-state index contributed by atoms with van der Waals surface area (Å²) in [5.74, 6) is 0.470. The number of piperidine rings is 1. The van der Waals surface area contributed by atoms with Crippen LogP contribution in [0, 0.1) is 12.7 Å². The van der Waals surface area contributed by atoms with Crippen LogP contribution in [0.3, 0.4) is 0 Å². The van der Waals surface area contributed by atoms with Crippen LogP contribution in [0.25, 0.3) is 0 Å². The predicted octanol–water partition coefficient (Wildman–Crippen LogP) is 5.93. The minimum Gasteiger partial charge on any atom is -0.489 e. The summed E-state index contributed by atoms with van der Waals surface area (Å²) in [6.07, 6.45) is 1.77. The lowest BCUT2D eigenvalue weighted by Gasteiger charge is -2.32. The SMILES string of the molecule is Cc1ccccc1NC(=O)N1CCC(OCc2ccc(OCc3cccc(F)c3)cc2)CC1. The number of ether oxygens (including phenoxy) is 2. The molecule has 0 saturated carbocycles. The summed E-state index contributed by atoms with van der Waals surface area (Å²) >= 11 is 0. The summed E-state index contributed by atoms with van der Waals surface area (Å²) in [7, 11) is 0. The van der Waals surface area contributed by atoms with Crippen LogP contribution in [0.15, 0.2) is 72.8 Å². The van der Waals surface area contributed by atoms with Crippen molar-refractivity contribution in [2.24, 2.45) is 0 Å². The lowest BCUT2D eigenvalue weighted by Crippen LogP contribution is -2.43. The fraction of sp³-hybridized carbons (Fsp3) is 0.296. The fourth-order valence-electron chi connectivity index (χ4n) is 3.82. The van der Waals surface area contributed by atoms with E-state index in [1.165, 1.54) is 12.1 Å². The van der Waals surface area contributed by atoms with E-state index in [0.717, 1.165) is 41.0 Å². The lowest BCUT2D eigenvalue weighted by molar-refractivity contribution is 0.00538. The first-order valence-electron chi connectivity index (χ1n) is 11.3. The third-order valence-electron chi connectivity index (χ3n) is 5.82. The number of nitrogens with one attached hydrogen (secondary N) is 1. The normalized spacial score (nSPS) is 14.2. The van der Waals surface area contributed by atoms with Crippen molar-refractivity contribution < 1.29 is 18.7 Å². The zero-order valence-electron chi connectivity index (χ0n) is 18.8. The zero-order valence-corrected chi connectivity index (χ0v) is 18.8. The van der Waals surface area contributed by atoms with Gasteiger partial charge in [-0.3, -0.25) is 0 Å². The van der Waals surface area contributed by atoms with E-state index in [-0.39, 0.29) is 18.0 Å². The van der Waals surface area contributed by atoms with Crippen molar-refractivity contribution in [3.8, 4) is 5.75 Å². The van der Waals surface area contributed by atoms with Crippen LogP contribution in [-0.4, -0.2) is 30.1 Å². The highest BCUT2D eigenvalue weighted by atomic mass is 19.1. The summed E-state index contributed by atoms with van der Waals surface area (Å²) < 4.78 is 25.1. The highest BCUT2D eigenvalue weighted by molar-refractivity contribution is 5.90. The van der Waals surface area contributed by atoms with E-state index in [1.54, 1.807) is 6.07 Å². The Morgan fingerprint density at radius 2 is 1.73 bits per heavy atom. The Balaban J connectivity index is 1.18. The number of hydrogen-bond acceptors (Lipinski definition) is 3. The van der Waals surface area contributed by atoms with Crippen molar-refractivity contribution in [1.82, 2.24) is 4.90 Å². The molecule has 0 aromatic heterocycles. The molecular formula is C27H29FN2O3. The van der Waals surface area contributed by atoms with E-state index in [4.69, 9.17) is 9.47 Å². The van der Waals surface area contributed by atoms with E-state index >= 15 is 0 Å². The number of likely N-dealkylation sites (tertiary alicyclic amines) is 1. The number of carbonyl (C=O) groups excluding carboxylic acids is 1. The first-order valence-corrected chi connectivity index (χ1v) is 11.3. The second-order valence-electron chi connectivity index (χ2n) is 8.31. The van der Waals surface area contributed by atoms with Crippen LogP contribution in [0.5, 0.6) is 5.75 Å². The largest absolute Gasteiger partial charge is 0.489 e. The molecule has 0 spiro atoms. The first-order chi connectivity index (χ1) is 16.1. The van der Waals surface area contributed by atoms with E-state index in [9.17, 15) is 9.18 Å². The fourth-order valence-corrected chi connectivity index (χ4v) is 3.82. The number of amides is 2. The quantitative estimate of drug-likeness (QED) is 0.488. The standard InChI is InChI=1S/C27H29FN2O3/c1-20-5-2-3-8-26(20)29-27(31)30-15-13-25(14-16-30)32-18-21-9-11-24(12-10-21)33-19-22-6-4-7-23(28)17-22/h2-12,17,25H,13-16,18-19H2,1H3,(H,29,31). The van der Waals surface area contributed by atoms with Gasteiger partial charge in [0.25, 0.3) is 0 Å². The monoisotopic (exact) mass is 448 g/mol. The van der Waals surface area contributed by atoms with E-state index in [0.29, 0.717) is 26.3 Å². The molecule has 1 heterocycles. The van der Waals surface area contributed by atoms with Gasteiger partial charge in [-0.15, -0.1) is 0 Å².